The van der Waals surface area contributed by atoms with Crippen LogP contribution in [0.25, 0.3) is 15.5 Å². The fourth-order valence-corrected chi connectivity index (χ4v) is 3.71. The molecule has 0 spiro atoms. The molecule has 2 aromatic carbocycles. The summed E-state index contributed by atoms with van der Waals surface area (Å²) < 4.78 is 2.67. The Morgan fingerprint density at radius 2 is 1.88 bits per heavy atom. The number of hydrogen-bond donors (Lipinski definition) is 1. The van der Waals surface area contributed by atoms with E-state index in [1.165, 1.54) is 11.3 Å². The molecule has 0 aliphatic rings. The van der Waals surface area contributed by atoms with Crippen molar-refractivity contribution in [2.75, 3.05) is 5.32 Å². The van der Waals surface area contributed by atoms with Crippen LogP contribution in [-0.2, 0) is 0 Å². The highest BCUT2D eigenvalue weighted by Crippen LogP contribution is 2.28. The Morgan fingerprint density at radius 3 is 2.58 bits per heavy atom. The largest absolute Gasteiger partial charge is 0.322 e. The van der Waals surface area contributed by atoms with Crippen LogP contribution in [0.3, 0.4) is 0 Å². The van der Waals surface area contributed by atoms with Crippen LogP contribution in [0.2, 0.25) is 0 Å². The van der Waals surface area contributed by atoms with Gasteiger partial charge in [-0.25, -0.2) is 0 Å². The lowest BCUT2D eigenvalue weighted by molar-refractivity contribution is 0.102. The highest BCUT2D eigenvalue weighted by atomic mass is 79.9. The fourth-order valence-electron chi connectivity index (χ4n) is 2.56. The molecule has 4 rings (SSSR count). The summed E-state index contributed by atoms with van der Waals surface area (Å²) >= 11 is 4.85. The summed E-state index contributed by atoms with van der Waals surface area (Å²) in [6.45, 7) is 3.84. The zero-order valence-corrected chi connectivity index (χ0v) is 16.4. The summed E-state index contributed by atoms with van der Waals surface area (Å²) in [5, 5.41) is 16.5. The molecule has 2 heterocycles. The second-order valence-electron chi connectivity index (χ2n) is 5.84. The first kappa shape index (κ1) is 16.9. The third kappa shape index (κ3) is 3.13. The van der Waals surface area contributed by atoms with Gasteiger partial charge in [-0.2, -0.15) is 9.61 Å². The van der Waals surface area contributed by atoms with E-state index in [4.69, 9.17) is 0 Å². The molecule has 1 amide bonds. The molecule has 0 fully saturated rings. The number of carbonyl (C=O) groups is 1. The Kier molecular flexibility index (Phi) is 4.29. The number of anilines is 1. The minimum absolute atomic E-state index is 0.136. The number of fused-ring (bicyclic) bond motifs is 1. The number of rotatable bonds is 3. The second kappa shape index (κ2) is 6.62. The Bertz CT molecular complexity index is 1120. The number of aryl methyl sites for hydroxylation is 2. The smallest absolute Gasteiger partial charge is 0.255 e. The lowest BCUT2D eigenvalue weighted by atomic mass is 10.1. The molecule has 0 saturated carbocycles. The van der Waals surface area contributed by atoms with Crippen LogP contribution in [0.4, 0.5) is 5.69 Å². The topological polar surface area (TPSA) is 72.2 Å². The Morgan fingerprint density at radius 1 is 1.12 bits per heavy atom. The summed E-state index contributed by atoms with van der Waals surface area (Å²) in [5.41, 5.74) is 3.34. The maximum Gasteiger partial charge on any atom is 0.255 e. The monoisotopic (exact) mass is 427 g/mol. The Balaban J connectivity index is 1.59. The molecule has 26 heavy (non-hydrogen) atoms. The summed E-state index contributed by atoms with van der Waals surface area (Å²) in [6.07, 6.45) is 0. The van der Waals surface area contributed by atoms with Gasteiger partial charge in [0, 0.05) is 21.3 Å². The molecule has 0 aliphatic heterocycles. The molecule has 130 valence electrons. The van der Waals surface area contributed by atoms with Gasteiger partial charge in [0.2, 0.25) is 4.96 Å². The van der Waals surface area contributed by atoms with E-state index in [0.717, 1.165) is 37.1 Å². The summed E-state index contributed by atoms with van der Waals surface area (Å²) in [7, 11) is 0. The first-order valence-corrected chi connectivity index (χ1v) is 9.49. The van der Waals surface area contributed by atoms with Crippen molar-refractivity contribution in [1.82, 2.24) is 19.8 Å². The van der Waals surface area contributed by atoms with E-state index in [-0.39, 0.29) is 5.91 Å². The van der Waals surface area contributed by atoms with E-state index in [2.05, 4.69) is 36.5 Å². The highest BCUT2D eigenvalue weighted by molar-refractivity contribution is 9.10. The minimum atomic E-state index is -0.136. The first-order valence-electron chi connectivity index (χ1n) is 7.88. The zero-order valence-electron chi connectivity index (χ0n) is 14.0. The molecule has 0 radical (unpaired) electrons. The van der Waals surface area contributed by atoms with E-state index in [9.17, 15) is 4.79 Å². The van der Waals surface area contributed by atoms with Gasteiger partial charge in [-0.15, -0.1) is 10.2 Å². The van der Waals surface area contributed by atoms with E-state index < -0.39 is 0 Å². The van der Waals surface area contributed by atoms with Crippen LogP contribution in [-0.4, -0.2) is 25.7 Å². The number of nitrogens with one attached hydrogen (secondary N) is 1. The van der Waals surface area contributed by atoms with Gasteiger partial charge in [0.05, 0.1) is 0 Å². The molecule has 8 heteroatoms. The third-order valence-electron chi connectivity index (χ3n) is 3.97. The van der Waals surface area contributed by atoms with Gasteiger partial charge in [-0.1, -0.05) is 27.3 Å². The minimum Gasteiger partial charge on any atom is -0.322 e. The predicted octanol–water partition coefficient (Wildman–Crippen LogP) is 4.48. The predicted molar refractivity (Wildman–Crippen MR) is 106 cm³/mol. The Labute approximate surface area is 162 Å². The van der Waals surface area contributed by atoms with Crippen molar-refractivity contribution in [1.29, 1.82) is 0 Å². The van der Waals surface area contributed by atoms with Gasteiger partial charge in [0.15, 0.2) is 5.82 Å². The van der Waals surface area contributed by atoms with Crippen molar-refractivity contribution in [2.45, 2.75) is 13.8 Å². The van der Waals surface area contributed by atoms with Gasteiger partial charge in [0.1, 0.15) is 5.01 Å². The molecule has 0 atom stereocenters. The van der Waals surface area contributed by atoms with Gasteiger partial charge < -0.3 is 5.32 Å². The summed E-state index contributed by atoms with van der Waals surface area (Å²) in [4.78, 5) is 13.2. The van der Waals surface area contributed by atoms with Crippen molar-refractivity contribution in [3.63, 3.8) is 0 Å². The number of benzene rings is 2. The Hall–Kier alpha value is -2.58. The van der Waals surface area contributed by atoms with Crippen LogP contribution in [0, 0.1) is 13.8 Å². The van der Waals surface area contributed by atoms with E-state index in [0.29, 0.717) is 5.56 Å². The molecule has 2 aromatic heterocycles. The van der Waals surface area contributed by atoms with Gasteiger partial charge in [-0.05, 0) is 61.9 Å². The van der Waals surface area contributed by atoms with Gasteiger partial charge in [-0.3, -0.25) is 4.79 Å². The molecular weight excluding hydrogens is 414 g/mol. The number of nitrogens with zero attached hydrogens (tertiary/aromatic N) is 4. The SMILES string of the molecule is Cc1cc(-c2nn3c(C)nnc3s2)ccc1NC(=O)c1ccc(Br)cc1. The molecule has 1 N–H and O–H groups in total. The first-order chi connectivity index (χ1) is 12.5. The normalized spacial score (nSPS) is 11.0. The average Bonchev–Trinajstić information content (AvgIpc) is 3.19. The molecule has 0 aliphatic carbocycles. The van der Waals surface area contributed by atoms with E-state index in [1.807, 2.05) is 44.2 Å². The quantitative estimate of drug-likeness (QED) is 0.522. The third-order valence-corrected chi connectivity index (χ3v) is 5.45. The van der Waals surface area contributed by atoms with Crippen molar-refractivity contribution in [2.24, 2.45) is 0 Å². The van der Waals surface area contributed by atoms with E-state index in [1.54, 1.807) is 16.6 Å². The number of aromatic nitrogens is 4. The number of halogens is 1. The summed E-state index contributed by atoms with van der Waals surface area (Å²) in [6, 6.07) is 13.1. The molecule has 0 bridgehead atoms. The summed E-state index contributed by atoms with van der Waals surface area (Å²) in [5.74, 6) is 0.625. The highest BCUT2D eigenvalue weighted by Gasteiger charge is 2.13. The van der Waals surface area contributed by atoms with Crippen LogP contribution in [0.1, 0.15) is 21.7 Å². The molecule has 6 nitrogen and oxygen atoms in total. The zero-order chi connectivity index (χ0) is 18.3. The fraction of sp³-hybridized carbons (Fsp3) is 0.111. The lowest BCUT2D eigenvalue weighted by Gasteiger charge is -2.09. The van der Waals surface area contributed by atoms with E-state index >= 15 is 0 Å². The van der Waals surface area contributed by atoms with Crippen LogP contribution in [0.15, 0.2) is 46.9 Å². The van der Waals surface area contributed by atoms with Crippen molar-refractivity contribution < 1.29 is 4.79 Å². The molecule has 0 unspecified atom stereocenters. The molecule has 4 aromatic rings. The maximum absolute atomic E-state index is 12.4. The van der Waals surface area contributed by atoms with Crippen LogP contribution in [0.5, 0.6) is 0 Å². The van der Waals surface area contributed by atoms with Crippen molar-refractivity contribution in [3.05, 3.63) is 63.9 Å². The number of amides is 1. The molecular formula is C18H14BrN5OS. The van der Waals surface area contributed by atoms with Crippen LogP contribution >= 0.6 is 27.3 Å². The molecule has 0 saturated heterocycles. The number of carbonyl (C=O) groups excluding carboxylic acids is 1. The maximum atomic E-state index is 12.4. The number of hydrogen-bond acceptors (Lipinski definition) is 5. The second-order valence-corrected chi connectivity index (χ2v) is 7.71. The standard InChI is InChI=1S/C18H14BrN5OS/c1-10-9-13(17-23-24-11(2)21-22-18(24)26-17)5-8-15(10)20-16(25)12-3-6-14(19)7-4-12/h3-9H,1-2H3,(H,20,25). The van der Waals surface area contributed by atoms with Gasteiger partial charge in [0.25, 0.3) is 5.91 Å². The van der Waals surface area contributed by atoms with Crippen molar-refractivity contribution >= 4 is 43.8 Å². The van der Waals surface area contributed by atoms with Crippen LogP contribution < -0.4 is 5.32 Å². The van der Waals surface area contributed by atoms with Gasteiger partial charge >= 0.3 is 0 Å². The van der Waals surface area contributed by atoms with Crippen molar-refractivity contribution in [3.8, 4) is 10.6 Å². The lowest BCUT2D eigenvalue weighted by Crippen LogP contribution is -2.12. The average molecular weight is 428 g/mol.